The summed E-state index contributed by atoms with van der Waals surface area (Å²) in [5.74, 6) is -1.18. The van der Waals surface area contributed by atoms with Crippen LogP contribution in [0.1, 0.15) is 55.6 Å². The van der Waals surface area contributed by atoms with E-state index in [1.165, 1.54) is 0 Å². The summed E-state index contributed by atoms with van der Waals surface area (Å²) in [7, 11) is 0. The lowest BCUT2D eigenvalue weighted by atomic mass is 9.76. The molecule has 3 aliphatic carbocycles. The number of ether oxygens (including phenoxy) is 1. The SMILES string of the molecule is O=C(NC1(C(=O)N[C@@H](CC2CC2)C(=O)O)CCC1)OCC1c2ccccc2-c2ccccc21. The Kier molecular flexibility index (Phi) is 5.56. The van der Waals surface area contributed by atoms with Gasteiger partial charge in [0, 0.05) is 5.92 Å². The van der Waals surface area contributed by atoms with Crippen molar-refractivity contribution in [1.82, 2.24) is 10.6 Å². The molecule has 0 radical (unpaired) electrons. The van der Waals surface area contributed by atoms with Crippen LogP contribution < -0.4 is 10.6 Å². The van der Waals surface area contributed by atoms with E-state index in [4.69, 9.17) is 4.74 Å². The molecule has 0 aliphatic heterocycles. The predicted octanol–water partition coefficient (Wildman–Crippen LogP) is 3.82. The predicted molar refractivity (Wildman–Crippen MR) is 122 cm³/mol. The number of rotatable bonds is 8. The topological polar surface area (TPSA) is 105 Å². The quantitative estimate of drug-likeness (QED) is 0.570. The van der Waals surface area contributed by atoms with E-state index >= 15 is 0 Å². The van der Waals surface area contributed by atoms with Crippen LogP contribution in [-0.2, 0) is 14.3 Å². The molecule has 0 unspecified atom stereocenters. The molecule has 2 fully saturated rings. The maximum absolute atomic E-state index is 12.9. The van der Waals surface area contributed by atoms with Gasteiger partial charge in [-0.3, -0.25) is 4.79 Å². The summed E-state index contributed by atoms with van der Waals surface area (Å²) in [5, 5.41) is 14.9. The molecule has 3 aliphatic rings. The van der Waals surface area contributed by atoms with Crippen molar-refractivity contribution in [2.45, 2.75) is 56.0 Å². The van der Waals surface area contributed by atoms with E-state index < -0.39 is 29.6 Å². The minimum absolute atomic E-state index is 0.0655. The fourth-order valence-corrected chi connectivity index (χ4v) is 4.97. The molecule has 5 rings (SSSR count). The van der Waals surface area contributed by atoms with E-state index in [1.54, 1.807) is 0 Å². The number of amides is 2. The Labute approximate surface area is 192 Å². The molecule has 2 aromatic carbocycles. The first kappa shape index (κ1) is 21.5. The largest absolute Gasteiger partial charge is 0.480 e. The van der Waals surface area contributed by atoms with Crippen LogP contribution in [-0.4, -0.2) is 41.3 Å². The third kappa shape index (κ3) is 4.19. The van der Waals surface area contributed by atoms with Crippen LogP contribution in [0.25, 0.3) is 11.1 Å². The second kappa shape index (κ2) is 8.54. The van der Waals surface area contributed by atoms with Gasteiger partial charge in [-0.15, -0.1) is 0 Å². The summed E-state index contributed by atoms with van der Waals surface area (Å²) >= 11 is 0. The summed E-state index contributed by atoms with van der Waals surface area (Å²) < 4.78 is 5.60. The lowest BCUT2D eigenvalue weighted by Gasteiger charge is -2.41. The van der Waals surface area contributed by atoms with Crippen LogP contribution in [0.15, 0.2) is 48.5 Å². The Hall–Kier alpha value is -3.35. The van der Waals surface area contributed by atoms with Crippen LogP contribution in [0.5, 0.6) is 0 Å². The number of carboxylic acids is 1. The lowest BCUT2D eigenvalue weighted by Crippen LogP contribution is -2.64. The fraction of sp³-hybridized carbons (Fsp3) is 0.423. The average molecular weight is 449 g/mol. The van der Waals surface area contributed by atoms with Crippen LogP contribution in [0.4, 0.5) is 4.79 Å². The maximum atomic E-state index is 12.9. The molecule has 2 aromatic rings. The highest BCUT2D eigenvalue weighted by atomic mass is 16.5. The van der Waals surface area contributed by atoms with E-state index in [9.17, 15) is 19.5 Å². The second-order valence-electron chi connectivity index (χ2n) is 9.43. The van der Waals surface area contributed by atoms with Gasteiger partial charge in [0.2, 0.25) is 5.91 Å². The normalized spacial score (nSPS) is 18.9. The van der Waals surface area contributed by atoms with E-state index in [0.717, 1.165) is 41.5 Å². The van der Waals surface area contributed by atoms with Gasteiger partial charge in [-0.05, 0) is 53.9 Å². The van der Waals surface area contributed by atoms with Crippen molar-refractivity contribution in [2.24, 2.45) is 5.92 Å². The van der Waals surface area contributed by atoms with Gasteiger partial charge in [-0.25, -0.2) is 9.59 Å². The van der Waals surface area contributed by atoms with Crippen molar-refractivity contribution < 1.29 is 24.2 Å². The van der Waals surface area contributed by atoms with Crippen molar-refractivity contribution in [3.63, 3.8) is 0 Å². The number of alkyl carbamates (subject to hydrolysis) is 1. The Bertz CT molecular complexity index is 1040. The van der Waals surface area contributed by atoms with Gasteiger partial charge in [0.25, 0.3) is 0 Å². The van der Waals surface area contributed by atoms with Crippen LogP contribution in [0, 0.1) is 5.92 Å². The first-order chi connectivity index (χ1) is 16.0. The Morgan fingerprint density at radius 1 is 1.00 bits per heavy atom. The van der Waals surface area contributed by atoms with Crippen molar-refractivity contribution in [3.8, 4) is 11.1 Å². The molecule has 3 N–H and O–H groups in total. The number of hydrogen-bond donors (Lipinski definition) is 3. The highest BCUT2D eigenvalue weighted by Gasteiger charge is 2.47. The summed E-state index contributed by atoms with van der Waals surface area (Å²) in [6.07, 6.45) is 3.52. The number of carbonyl (C=O) groups is 3. The minimum Gasteiger partial charge on any atom is -0.480 e. The Morgan fingerprint density at radius 2 is 1.61 bits per heavy atom. The van der Waals surface area contributed by atoms with E-state index in [0.29, 0.717) is 25.2 Å². The third-order valence-corrected chi connectivity index (χ3v) is 7.20. The molecule has 172 valence electrons. The molecule has 0 aromatic heterocycles. The zero-order chi connectivity index (χ0) is 23.0. The summed E-state index contributed by atoms with van der Waals surface area (Å²) in [5.41, 5.74) is 3.43. The molecule has 7 heteroatoms. The summed E-state index contributed by atoms with van der Waals surface area (Å²) in [6, 6.07) is 15.3. The standard InChI is InChI=1S/C26H28N2O5/c29-23(30)22(14-16-10-11-16)27-24(31)26(12-5-13-26)28-25(32)33-15-21-19-8-3-1-6-17(19)18-7-2-4-9-20(18)21/h1-4,6-9,16,21-22H,5,10-15H2,(H,27,31)(H,28,32)(H,29,30)/t22-/m0/s1. The number of benzene rings is 2. The van der Waals surface area contributed by atoms with Crippen LogP contribution in [0.2, 0.25) is 0 Å². The Balaban J connectivity index is 1.23. The number of nitrogens with one attached hydrogen (secondary N) is 2. The maximum Gasteiger partial charge on any atom is 0.408 e. The van der Waals surface area contributed by atoms with Crippen molar-refractivity contribution in [1.29, 1.82) is 0 Å². The molecule has 0 heterocycles. The fourth-order valence-electron chi connectivity index (χ4n) is 4.97. The van der Waals surface area contributed by atoms with Gasteiger partial charge in [-0.1, -0.05) is 61.4 Å². The molecule has 2 amide bonds. The summed E-state index contributed by atoms with van der Waals surface area (Å²) in [4.78, 5) is 37.2. The van der Waals surface area contributed by atoms with Gasteiger partial charge < -0.3 is 20.5 Å². The molecule has 33 heavy (non-hydrogen) atoms. The van der Waals surface area contributed by atoms with Crippen molar-refractivity contribution >= 4 is 18.0 Å². The minimum atomic E-state index is -1.10. The Morgan fingerprint density at radius 3 is 2.12 bits per heavy atom. The van der Waals surface area contributed by atoms with Gasteiger partial charge in [-0.2, -0.15) is 0 Å². The summed E-state index contributed by atoms with van der Waals surface area (Å²) in [6.45, 7) is 0.164. The van der Waals surface area contributed by atoms with Gasteiger partial charge in [0.05, 0.1) is 0 Å². The van der Waals surface area contributed by atoms with E-state index in [2.05, 4.69) is 22.8 Å². The molecule has 0 spiro atoms. The van der Waals surface area contributed by atoms with E-state index in [1.807, 2.05) is 36.4 Å². The second-order valence-corrected chi connectivity index (χ2v) is 9.43. The number of fused-ring (bicyclic) bond motifs is 3. The van der Waals surface area contributed by atoms with Gasteiger partial charge >= 0.3 is 12.1 Å². The molecule has 7 nitrogen and oxygen atoms in total. The highest BCUT2D eigenvalue weighted by Crippen LogP contribution is 2.44. The molecule has 0 bridgehead atoms. The molecular weight excluding hydrogens is 420 g/mol. The molecular formula is C26H28N2O5. The molecule has 0 saturated heterocycles. The average Bonchev–Trinajstić information content (AvgIpc) is 3.55. The van der Waals surface area contributed by atoms with Crippen LogP contribution >= 0.6 is 0 Å². The van der Waals surface area contributed by atoms with Crippen LogP contribution in [0.3, 0.4) is 0 Å². The zero-order valence-electron chi connectivity index (χ0n) is 18.4. The van der Waals surface area contributed by atoms with Crippen molar-refractivity contribution in [3.05, 3.63) is 59.7 Å². The first-order valence-electron chi connectivity index (χ1n) is 11.6. The number of aliphatic carboxylic acids is 1. The molecule has 1 atom stereocenters. The van der Waals surface area contributed by atoms with Gasteiger partial charge in [0.1, 0.15) is 18.2 Å². The van der Waals surface area contributed by atoms with Gasteiger partial charge in [0.15, 0.2) is 0 Å². The number of carbonyl (C=O) groups excluding carboxylic acids is 2. The van der Waals surface area contributed by atoms with E-state index in [-0.39, 0.29) is 12.5 Å². The number of hydrogen-bond acceptors (Lipinski definition) is 4. The monoisotopic (exact) mass is 448 g/mol. The number of carboxylic acid groups (broad SMARTS) is 1. The third-order valence-electron chi connectivity index (χ3n) is 7.20. The zero-order valence-corrected chi connectivity index (χ0v) is 18.4. The lowest BCUT2D eigenvalue weighted by molar-refractivity contribution is -0.144. The smallest absolute Gasteiger partial charge is 0.408 e. The van der Waals surface area contributed by atoms with Crippen molar-refractivity contribution in [2.75, 3.05) is 6.61 Å². The first-order valence-corrected chi connectivity index (χ1v) is 11.6. The highest BCUT2D eigenvalue weighted by molar-refractivity contribution is 5.93. The molecule has 2 saturated carbocycles.